The molecule has 4 aromatic rings. The van der Waals surface area contributed by atoms with Crippen molar-refractivity contribution < 1.29 is 22.5 Å². The number of carbonyl (C=O) groups excluding carboxylic acids is 1. The monoisotopic (exact) mass is 481 g/mol. The fourth-order valence-electron chi connectivity index (χ4n) is 3.44. The van der Waals surface area contributed by atoms with Gasteiger partial charge in [-0.25, -0.2) is 13.1 Å². The maximum atomic E-state index is 13.2. The SMILES string of the molecule is CCCc1c(C(=O)Nc2cc(S(=O)(=O)Nc3ccon3)ccc2OC)cnn1-c1ccccc1. The first kappa shape index (κ1) is 23.1. The van der Waals surface area contributed by atoms with E-state index in [0.29, 0.717) is 17.7 Å². The summed E-state index contributed by atoms with van der Waals surface area (Å²) in [6.45, 7) is 2.02. The molecule has 0 spiro atoms. The van der Waals surface area contributed by atoms with Crippen LogP contribution >= 0.6 is 0 Å². The standard InChI is InChI=1S/C23H23N5O5S/c1-3-7-20-18(15-24-28(20)16-8-5-4-6-9-16)23(29)25-19-14-17(10-11-21(19)32-2)34(30,31)27-22-12-13-33-26-22/h4-6,8-15H,3,7H2,1-2H3,(H,25,29)(H,26,27). The van der Waals surface area contributed by atoms with Crippen LogP contribution in [-0.2, 0) is 16.4 Å². The van der Waals surface area contributed by atoms with Gasteiger partial charge in [0.2, 0.25) is 0 Å². The zero-order chi connectivity index (χ0) is 24.1. The molecule has 0 aliphatic heterocycles. The van der Waals surface area contributed by atoms with Crippen molar-refractivity contribution in [2.45, 2.75) is 24.7 Å². The summed E-state index contributed by atoms with van der Waals surface area (Å²) in [5, 5.41) is 10.7. The second kappa shape index (κ2) is 9.79. The number of sulfonamides is 1. The molecule has 0 saturated carbocycles. The Morgan fingerprint density at radius 1 is 1.15 bits per heavy atom. The van der Waals surface area contributed by atoms with E-state index in [9.17, 15) is 13.2 Å². The number of ether oxygens (including phenoxy) is 1. The van der Waals surface area contributed by atoms with Crippen molar-refractivity contribution in [1.82, 2.24) is 14.9 Å². The Bertz CT molecular complexity index is 1380. The number of hydrogen-bond acceptors (Lipinski definition) is 7. The number of rotatable bonds is 9. The lowest BCUT2D eigenvalue weighted by Gasteiger charge is -2.13. The van der Waals surface area contributed by atoms with Crippen LogP contribution in [0.5, 0.6) is 5.75 Å². The average Bonchev–Trinajstić information content (AvgIpc) is 3.49. The maximum absolute atomic E-state index is 13.2. The van der Waals surface area contributed by atoms with Crippen molar-refractivity contribution in [2.24, 2.45) is 0 Å². The molecular formula is C23H23N5O5S. The average molecular weight is 482 g/mol. The van der Waals surface area contributed by atoms with Gasteiger partial charge in [-0.1, -0.05) is 36.7 Å². The van der Waals surface area contributed by atoms with E-state index < -0.39 is 15.9 Å². The van der Waals surface area contributed by atoms with Crippen LogP contribution in [0.3, 0.4) is 0 Å². The van der Waals surface area contributed by atoms with Gasteiger partial charge in [-0.3, -0.25) is 9.52 Å². The molecule has 0 radical (unpaired) electrons. The molecule has 176 valence electrons. The van der Waals surface area contributed by atoms with E-state index in [4.69, 9.17) is 4.74 Å². The largest absolute Gasteiger partial charge is 0.495 e. The Morgan fingerprint density at radius 3 is 2.62 bits per heavy atom. The van der Waals surface area contributed by atoms with Crippen molar-refractivity contribution in [1.29, 1.82) is 0 Å². The summed E-state index contributed by atoms with van der Waals surface area (Å²) in [5.41, 5.74) is 2.18. The molecule has 0 aliphatic rings. The first-order valence-corrected chi connectivity index (χ1v) is 12.0. The molecule has 4 rings (SSSR count). The second-order valence-electron chi connectivity index (χ2n) is 7.31. The summed E-state index contributed by atoms with van der Waals surface area (Å²) in [7, 11) is -2.54. The Morgan fingerprint density at radius 2 is 1.94 bits per heavy atom. The second-order valence-corrected chi connectivity index (χ2v) is 8.99. The summed E-state index contributed by atoms with van der Waals surface area (Å²) in [5.74, 6) is -0.0805. The van der Waals surface area contributed by atoms with Gasteiger partial charge < -0.3 is 14.6 Å². The number of para-hydroxylation sites is 1. The van der Waals surface area contributed by atoms with E-state index in [0.717, 1.165) is 17.8 Å². The highest BCUT2D eigenvalue weighted by Gasteiger charge is 2.22. The normalized spacial score (nSPS) is 11.2. The molecule has 2 heterocycles. The minimum absolute atomic E-state index is 0.0407. The topological polar surface area (TPSA) is 128 Å². The van der Waals surface area contributed by atoms with E-state index in [-0.39, 0.29) is 16.4 Å². The number of nitrogens with one attached hydrogen (secondary N) is 2. The van der Waals surface area contributed by atoms with Crippen molar-refractivity contribution in [3.05, 3.63) is 78.3 Å². The van der Waals surface area contributed by atoms with Crippen LogP contribution in [0.15, 0.2) is 76.5 Å². The van der Waals surface area contributed by atoms with Crippen LogP contribution < -0.4 is 14.8 Å². The van der Waals surface area contributed by atoms with Crippen LogP contribution in [0.25, 0.3) is 5.69 Å². The van der Waals surface area contributed by atoms with Crippen LogP contribution in [0, 0.1) is 0 Å². The number of methoxy groups -OCH3 is 1. The Kier molecular flexibility index (Phi) is 6.64. The molecule has 0 bridgehead atoms. The molecule has 0 fully saturated rings. The molecule has 0 unspecified atom stereocenters. The van der Waals surface area contributed by atoms with Gasteiger partial charge in [0.15, 0.2) is 5.82 Å². The van der Waals surface area contributed by atoms with Crippen molar-refractivity contribution in [3.8, 4) is 11.4 Å². The summed E-state index contributed by atoms with van der Waals surface area (Å²) in [6, 6.07) is 15.1. The molecule has 2 aromatic heterocycles. The third-order valence-electron chi connectivity index (χ3n) is 5.01. The summed E-state index contributed by atoms with van der Waals surface area (Å²) >= 11 is 0. The van der Waals surface area contributed by atoms with Gasteiger partial charge in [0.25, 0.3) is 15.9 Å². The molecule has 1 amide bonds. The third kappa shape index (κ3) is 4.79. The van der Waals surface area contributed by atoms with E-state index in [1.165, 1.54) is 43.8 Å². The van der Waals surface area contributed by atoms with Crippen LogP contribution in [0.2, 0.25) is 0 Å². The number of amides is 1. The summed E-state index contributed by atoms with van der Waals surface area (Å²) in [4.78, 5) is 13.1. The van der Waals surface area contributed by atoms with E-state index in [1.54, 1.807) is 4.68 Å². The summed E-state index contributed by atoms with van der Waals surface area (Å²) < 4.78 is 39.5. The van der Waals surface area contributed by atoms with Gasteiger partial charge in [0.05, 0.1) is 40.8 Å². The molecule has 0 atom stereocenters. The lowest BCUT2D eigenvalue weighted by Crippen LogP contribution is -2.17. The lowest BCUT2D eigenvalue weighted by molar-refractivity contribution is 0.102. The predicted molar refractivity (Wildman–Crippen MR) is 126 cm³/mol. The predicted octanol–water partition coefficient (Wildman–Crippen LogP) is 3.87. The Balaban J connectivity index is 1.65. The highest BCUT2D eigenvalue weighted by atomic mass is 32.2. The minimum Gasteiger partial charge on any atom is -0.495 e. The number of anilines is 2. The van der Waals surface area contributed by atoms with Crippen molar-refractivity contribution in [3.63, 3.8) is 0 Å². The quantitative estimate of drug-likeness (QED) is 0.371. The lowest BCUT2D eigenvalue weighted by atomic mass is 10.1. The third-order valence-corrected chi connectivity index (χ3v) is 6.36. The van der Waals surface area contributed by atoms with Gasteiger partial charge in [0, 0.05) is 6.07 Å². The first-order chi connectivity index (χ1) is 16.4. The van der Waals surface area contributed by atoms with Crippen LogP contribution in [0.1, 0.15) is 29.4 Å². The molecule has 0 aliphatic carbocycles. The van der Waals surface area contributed by atoms with Crippen LogP contribution in [0.4, 0.5) is 11.5 Å². The first-order valence-electron chi connectivity index (χ1n) is 10.5. The molecule has 34 heavy (non-hydrogen) atoms. The number of nitrogens with zero attached hydrogens (tertiary/aromatic N) is 3. The van der Waals surface area contributed by atoms with Crippen LogP contribution in [-0.4, -0.2) is 36.4 Å². The number of hydrogen-bond donors (Lipinski definition) is 2. The zero-order valence-electron chi connectivity index (χ0n) is 18.6. The number of benzene rings is 2. The summed E-state index contributed by atoms with van der Waals surface area (Å²) in [6.07, 6.45) is 4.20. The molecule has 2 N–H and O–H groups in total. The molecule has 0 saturated heterocycles. The maximum Gasteiger partial charge on any atom is 0.263 e. The van der Waals surface area contributed by atoms with E-state index in [1.807, 2.05) is 37.3 Å². The smallest absolute Gasteiger partial charge is 0.263 e. The Labute approximate surface area is 196 Å². The number of aromatic nitrogens is 3. The minimum atomic E-state index is -3.98. The van der Waals surface area contributed by atoms with Crippen molar-refractivity contribution >= 4 is 27.4 Å². The van der Waals surface area contributed by atoms with E-state index in [2.05, 4.69) is 24.8 Å². The highest BCUT2D eigenvalue weighted by Crippen LogP contribution is 2.29. The number of carbonyl (C=O) groups is 1. The van der Waals surface area contributed by atoms with Crippen molar-refractivity contribution in [2.75, 3.05) is 17.1 Å². The molecule has 10 nitrogen and oxygen atoms in total. The molecular weight excluding hydrogens is 458 g/mol. The fraction of sp³-hybridized carbons (Fsp3) is 0.174. The van der Waals surface area contributed by atoms with E-state index >= 15 is 0 Å². The molecule has 11 heteroatoms. The van der Waals surface area contributed by atoms with Gasteiger partial charge in [-0.05, 0) is 36.8 Å². The zero-order valence-corrected chi connectivity index (χ0v) is 19.4. The van der Waals surface area contributed by atoms with Gasteiger partial charge in [-0.2, -0.15) is 5.10 Å². The van der Waals surface area contributed by atoms with Gasteiger partial charge in [0.1, 0.15) is 12.0 Å². The fourth-order valence-corrected chi connectivity index (χ4v) is 4.45. The Hall–Kier alpha value is -4.12. The molecule has 2 aromatic carbocycles. The van der Waals surface area contributed by atoms with Gasteiger partial charge >= 0.3 is 0 Å². The van der Waals surface area contributed by atoms with Gasteiger partial charge in [-0.15, -0.1) is 0 Å². The highest BCUT2D eigenvalue weighted by molar-refractivity contribution is 7.92.